The molecular formula is C11H12Cl4N2O5. The van der Waals surface area contributed by atoms with Crippen LogP contribution in [0.25, 0.3) is 0 Å². The summed E-state index contributed by atoms with van der Waals surface area (Å²) in [5, 5.41) is 11.3. The number of alkyl carbamates (subject to hydrolysis) is 1. The van der Waals surface area contributed by atoms with Crippen LogP contribution in [-0.4, -0.2) is 56.0 Å². The third-order valence-corrected chi connectivity index (χ3v) is 3.47. The van der Waals surface area contributed by atoms with Crippen LogP contribution in [-0.2, 0) is 14.3 Å². The van der Waals surface area contributed by atoms with Gasteiger partial charge >= 0.3 is 12.1 Å². The summed E-state index contributed by atoms with van der Waals surface area (Å²) in [4.78, 5) is 35.4. The molecule has 1 rings (SSSR count). The predicted octanol–water partition coefficient (Wildman–Crippen LogP) is 1.89. The van der Waals surface area contributed by atoms with Gasteiger partial charge in [0.05, 0.1) is 0 Å². The molecule has 2 amide bonds. The van der Waals surface area contributed by atoms with Crippen LogP contribution in [0, 0.1) is 0 Å². The monoisotopic (exact) mass is 392 g/mol. The zero-order valence-corrected chi connectivity index (χ0v) is 14.2. The van der Waals surface area contributed by atoms with Crippen molar-refractivity contribution in [1.82, 2.24) is 10.2 Å². The fourth-order valence-corrected chi connectivity index (χ4v) is 2.30. The third-order valence-electron chi connectivity index (χ3n) is 2.68. The SMILES string of the molecule is C=C(C)C(C(=O)O)N1C(=O)[C@H](NC(=O)OCC(Cl)(Cl)Cl)[C@H]1Cl. The van der Waals surface area contributed by atoms with Gasteiger partial charge in [0.1, 0.15) is 18.1 Å². The number of aliphatic carboxylic acids is 1. The number of carboxylic acid groups (broad SMARTS) is 1. The van der Waals surface area contributed by atoms with Crippen molar-refractivity contribution in [2.75, 3.05) is 6.61 Å². The highest BCUT2D eigenvalue weighted by atomic mass is 35.6. The van der Waals surface area contributed by atoms with Crippen molar-refractivity contribution in [1.29, 1.82) is 0 Å². The lowest BCUT2D eigenvalue weighted by Crippen LogP contribution is -2.72. The van der Waals surface area contributed by atoms with Crippen molar-refractivity contribution in [3.05, 3.63) is 12.2 Å². The highest BCUT2D eigenvalue weighted by Crippen LogP contribution is 2.29. The van der Waals surface area contributed by atoms with Gasteiger partial charge in [-0.25, -0.2) is 9.59 Å². The lowest BCUT2D eigenvalue weighted by Gasteiger charge is -2.46. The van der Waals surface area contributed by atoms with Crippen LogP contribution in [0.4, 0.5) is 4.79 Å². The maximum atomic E-state index is 11.9. The molecule has 7 nitrogen and oxygen atoms in total. The smallest absolute Gasteiger partial charge is 0.408 e. The summed E-state index contributed by atoms with van der Waals surface area (Å²) in [6, 6.07) is -2.41. The average Bonchev–Trinajstić information content (AvgIpc) is 2.37. The Kier molecular flexibility index (Phi) is 6.20. The van der Waals surface area contributed by atoms with E-state index in [0.29, 0.717) is 0 Å². The van der Waals surface area contributed by atoms with Gasteiger partial charge in [-0.1, -0.05) is 53.0 Å². The van der Waals surface area contributed by atoms with Gasteiger partial charge < -0.3 is 20.1 Å². The highest BCUT2D eigenvalue weighted by molar-refractivity contribution is 6.67. The highest BCUT2D eigenvalue weighted by Gasteiger charge is 2.52. The quantitative estimate of drug-likeness (QED) is 0.322. The molecule has 1 fully saturated rings. The Morgan fingerprint density at radius 3 is 2.41 bits per heavy atom. The summed E-state index contributed by atoms with van der Waals surface area (Å²) < 4.78 is 2.80. The zero-order chi connectivity index (χ0) is 17.2. The van der Waals surface area contributed by atoms with Crippen LogP contribution in [0.15, 0.2) is 12.2 Å². The molecule has 1 aliphatic rings. The van der Waals surface area contributed by atoms with Crippen molar-refractivity contribution >= 4 is 64.4 Å². The van der Waals surface area contributed by atoms with Gasteiger partial charge in [0.15, 0.2) is 6.04 Å². The van der Waals surface area contributed by atoms with E-state index < -0.39 is 46.0 Å². The molecule has 0 radical (unpaired) electrons. The number of hydrogen-bond acceptors (Lipinski definition) is 4. The van der Waals surface area contributed by atoms with Gasteiger partial charge in [0.2, 0.25) is 3.79 Å². The first-order valence-electron chi connectivity index (χ1n) is 5.80. The summed E-state index contributed by atoms with van der Waals surface area (Å²) in [6.45, 7) is 4.43. The number of nitrogens with zero attached hydrogens (tertiary/aromatic N) is 1. The Labute approximate surface area is 146 Å². The lowest BCUT2D eigenvalue weighted by molar-refractivity contribution is -0.159. The van der Waals surface area contributed by atoms with E-state index in [-0.39, 0.29) is 5.57 Å². The number of rotatable bonds is 5. The van der Waals surface area contributed by atoms with Crippen molar-refractivity contribution in [2.45, 2.75) is 28.3 Å². The van der Waals surface area contributed by atoms with Gasteiger partial charge in [-0.2, -0.15) is 0 Å². The van der Waals surface area contributed by atoms with Crippen LogP contribution in [0.2, 0.25) is 0 Å². The Morgan fingerprint density at radius 1 is 1.50 bits per heavy atom. The van der Waals surface area contributed by atoms with Crippen LogP contribution < -0.4 is 5.32 Å². The molecule has 0 saturated carbocycles. The average molecular weight is 394 g/mol. The van der Waals surface area contributed by atoms with E-state index in [2.05, 4.69) is 16.6 Å². The summed E-state index contributed by atoms with van der Waals surface area (Å²) in [6.07, 6.45) is -1.02. The number of ether oxygens (including phenoxy) is 1. The number of carbonyl (C=O) groups excluding carboxylic acids is 2. The van der Waals surface area contributed by atoms with E-state index in [4.69, 9.17) is 51.5 Å². The fraction of sp³-hybridized carbons (Fsp3) is 0.545. The number of halogens is 4. The zero-order valence-electron chi connectivity index (χ0n) is 11.2. The summed E-state index contributed by atoms with van der Waals surface area (Å²) in [5.74, 6) is -1.95. The molecule has 0 aromatic rings. The molecule has 0 aromatic carbocycles. The number of alkyl halides is 4. The molecule has 11 heteroatoms. The van der Waals surface area contributed by atoms with Crippen molar-refractivity contribution in [2.24, 2.45) is 0 Å². The fourth-order valence-electron chi connectivity index (χ4n) is 1.76. The number of carboxylic acids is 1. The molecule has 1 aliphatic heterocycles. The van der Waals surface area contributed by atoms with Crippen LogP contribution >= 0.6 is 46.4 Å². The molecule has 0 bridgehead atoms. The number of amides is 2. The number of carbonyl (C=O) groups is 3. The van der Waals surface area contributed by atoms with Crippen molar-refractivity contribution in [3.8, 4) is 0 Å². The summed E-state index contributed by atoms with van der Waals surface area (Å²) in [5.41, 5.74) is -0.839. The molecule has 1 heterocycles. The minimum absolute atomic E-state index is 0.226. The molecular weight excluding hydrogens is 382 g/mol. The largest absolute Gasteiger partial charge is 0.479 e. The number of likely N-dealkylation sites (tertiary alicyclic amines) is 1. The second-order valence-electron chi connectivity index (χ2n) is 4.52. The van der Waals surface area contributed by atoms with Crippen LogP contribution in [0.3, 0.4) is 0 Å². The van der Waals surface area contributed by atoms with Crippen molar-refractivity contribution in [3.63, 3.8) is 0 Å². The summed E-state index contributed by atoms with van der Waals surface area (Å²) in [7, 11) is 0. The van der Waals surface area contributed by atoms with Crippen LogP contribution in [0.1, 0.15) is 6.92 Å². The topological polar surface area (TPSA) is 95.9 Å². The van der Waals surface area contributed by atoms with E-state index in [1.807, 2.05) is 0 Å². The molecule has 1 saturated heterocycles. The Bertz CT molecular complexity index is 493. The van der Waals surface area contributed by atoms with Gasteiger partial charge in [0, 0.05) is 0 Å². The Morgan fingerprint density at radius 2 is 2.05 bits per heavy atom. The first kappa shape index (κ1) is 19.2. The second kappa shape index (κ2) is 7.12. The standard InChI is InChI=1S/C11H12Cl4N2O5/c1-4(2)6(9(19)20)17-7(12)5(8(17)18)16-10(21)22-3-11(13,14)15/h5-7H,1,3H2,2H3,(H,16,21)(H,19,20)/t5-,6?,7+/m1/s1. The van der Waals surface area contributed by atoms with Crippen LogP contribution in [0.5, 0.6) is 0 Å². The van der Waals surface area contributed by atoms with Gasteiger partial charge in [-0.15, -0.1) is 0 Å². The van der Waals surface area contributed by atoms with E-state index in [9.17, 15) is 14.4 Å². The molecule has 0 aliphatic carbocycles. The number of hydrogen-bond donors (Lipinski definition) is 2. The second-order valence-corrected chi connectivity index (χ2v) is 7.48. The molecule has 22 heavy (non-hydrogen) atoms. The molecule has 3 atom stereocenters. The predicted molar refractivity (Wildman–Crippen MR) is 81.3 cm³/mol. The van der Waals surface area contributed by atoms with E-state index in [0.717, 1.165) is 4.90 Å². The molecule has 1 unspecified atom stereocenters. The maximum Gasteiger partial charge on any atom is 0.408 e. The third kappa shape index (κ3) is 4.55. The Hall–Kier alpha value is -0.890. The normalized spacial score (nSPS) is 22.6. The maximum absolute atomic E-state index is 11.9. The minimum Gasteiger partial charge on any atom is -0.479 e. The summed E-state index contributed by atoms with van der Waals surface area (Å²) >= 11 is 22.2. The van der Waals surface area contributed by atoms with E-state index in [1.54, 1.807) is 0 Å². The first-order chi connectivity index (χ1) is 9.95. The van der Waals surface area contributed by atoms with E-state index >= 15 is 0 Å². The molecule has 0 spiro atoms. The molecule has 2 N–H and O–H groups in total. The number of β-lactam (4-membered cyclic amide) rings is 1. The van der Waals surface area contributed by atoms with E-state index in [1.165, 1.54) is 6.92 Å². The van der Waals surface area contributed by atoms with Gasteiger partial charge in [0.25, 0.3) is 5.91 Å². The number of nitrogens with one attached hydrogen (secondary N) is 1. The van der Waals surface area contributed by atoms with Gasteiger partial charge in [-0.05, 0) is 12.5 Å². The Balaban J connectivity index is 2.64. The van der Waals surface area contributed by atoms with Gasteiger partial charge in [-0.3, -0.25) is 4.79 Å². The molecule has 0 aromatic heterocycles. The molecule has 124 valence electrons. The first-order valence-corrected chi connectivity index (χ1v) is 7.37. The van der Waals surface area contributed by atoms with Crippen molar-refractivity contribution < 1.29 is 24.2 Å². The minimum atomic E-state index is -1.79. The lowest BCUT2D eigenvalue weighted by atomic mass is 10.00.